The van der Waals surface area contributed by atoms with Crippen LogP contribution in [0.4, 0.5) is 4.79 Å². The van der Waals surface area contributed by atoms with Crippen LogP contribution in [0.15, 0.2) is 0 Å². The van der Waals surface area contributed by atoms with Crippen molar-refractivity contribution in [3.8, 4) is 0 Å². The first-order valence-corrected chi connectivity index (χ1v) is 6.71. The Morgan fingerprint density at radius 1 is 1.24 bits per heavy atom. The first-order chi connectivity index (χ1) is 8.00. The van der Waals surface area contributed by atoms with Gasteiger partial charge < -0.3 is 15.1 Å². The van der Waals surface area contributed by atoms with Gasteiger partial charge in [0.2, 0.25) is 0 Å². The minimum Gasteiger partial charge on any atom is -0.334 e. The van der Waals surface area contributed by atoms with E-state index in [2.05, 4.69) is 24.1 Å². The fourth-order valence-electron chi connectivity index (χ4n) is 2.16. The number of hydrogen-bond donors (Lipinski definition) is 1. The molecule has 1 N–H and O–H groups in total. The van der Waals surface area contributed by atoms with Crippen LogP contribution in [0.5, 0.6) is 0 Å². The predicted octanol–water partition coefficient (Wildman–Crippen LogP) is 1.77. The van der Waals surface area contributed by atoms with Crippen molar-refractivity contribution in [3.05, 3.63) is 0 Å². The number of hydrogen-bond acceptors (Lipinski definition) is 2. The molecule has 4 heteroatoms. The van der Waals surface area contributed by atoms with Crippen molar-refractivity contribution in [1.82, 2.24) is 15.1 Å². The van der Waals surface area contributed by atoms with Gasteiger partial charge >= 0.3 is 6.03 Å². The lowest BCUT2D eigenvalue weighted by Crippen LogP contribution is -2.51. The largest absolute Gasteiger partial charge is 0.334 e. The quantitative estimate of drug-likeness (QED) is 0.814. The molecule has 1 fully saturated rings. The predicted molar refractivity (Wildman–Crippen MR) is 71.1 cm³/mol. The number of nitrogens with one attached hydrogen (secondary N) is 1. The normalized spacial score (nSPS) is 18.6. The molecule has 1 heterocycles. The van der Waals surface area contributed by atoms with E-state index < -0.39 is 0 Å². The van der Waals surface area contributed by atoms with E-state index in [4.69, 9.17) is 0 Å². The Hall–Kier alpha value is -0.770. The number of amides is 2. The topological polar surface area (TPSA) is 35.6 Å². The van der Waals surface area contributed by atoms with E-state index in [0.29, 0.717) is 5.92 Å². The van der Waals surface area contributed by atoms with Crippen LogP contribution in [0, 0.1) is 5.92 Å². The minimum absolute atomic E-state index is 0.116. The number of likely N-dealkylation sites (N-methyl/N-ethyl adjacent to an activating group) is 1. The molecule has 0 spiro atoms. The maximum atomic E-state index is 12.1. The Bertz CT molecular complexity index is 235. The lowest BCUT2D eigenvalue weighted by molar-refractivity contribution is 0.174. The highest BCUT2D eigenvalue weighted by Gasteiger charge is 2.21. The Morgan fingerprint density at radius 3 is 2.29 bits per heavy atom. The monoisotopic (exact) mass is 241 g/mol. The third-order valence-electron chi connectivity index (χ3n) is 3.32. The van der Waals surface area contributed by atoms with E-state index in [9.17, 15) is 4.79 Å². The summed E-state index contributed by atoms with van der Waals surface area (Å²) in [6.07, 6.45) is 3.55. The third kappa shape index (κ3) is 4.94. The van der Waals surface area contributed by atoms with Gasteiger partial charge in [0.05, 0.1) is 0 Å². The summed E-state index contributed by atoms with van der Waals surface area (Å²) >= 11 is 0. The molecule has 1 unspecified atom stereocenters. The molecule has 17 heavy (non-hydrogen) atoms. The van der Waals surface area contributed by atoms with Gasteiger partial charge in [-0.25, -0.2) is 4.79 Å². The fraction of sp³-hybridized carbons (Fsp3) is 0.923. The second-order valence-corrected chi connectivity index (χ2v) is 5.61. The molecule has 1 rings (SSSR count). The summed E-state index contributed by atoms with van der Waals surface area (Å²) in [6.45, 7) is 7.05. The summed E-state index contributed by atoms with van der Waals surface area (Å²) in [5, 5.41) is 3.16. The van der Waals surface area contributed by atoms with Crippen LogP contribution in [0.2, 0.25) is 0 Å². The van der Waals surface area contributed by atoms with Crippen LogP contribution in [-0.2, 0) is 0 Å². The fourth-order valence-corrected chi connectivity index (χ4v) is 2.16. The van der Waals surface area contributed by atoms with E-state index >= 15 is 0 Å². The van der Waals surface area contributed by atoms with Gasteiger partial charge in [-0.2, -0.15) is 0 Å². The highest BCUT2D eigenvalue weighted by Crippen LogP contribution is 2.10. The van der Waals surface area contributed by atoms with Crippen molar-refractivity contribution in [3.63, 3.8) is 0 Å². The van der Waals surface area contributed by atoms with Crippen molar-refractivity contribution in [2.75, 3.05) is 33.7 Å². The number of likely N-dealkylation sites (tertiary alicyclic amines) is 1. The molecular weight excluding hydrogens is 214 g/mol. The van der Waals surface area contributed by atoms with Crippen molar-refractivity contribution >= 4 is 6.03 Å². The molecule has 0 aromatic heterocycles. The third-order valence-corrected chi connectivity index (χ3v) is 3.32. The number of rotatable bonds is 4. The smallest absolute Gasteiger partial charge is 0.317 e. The first kappa shape index (κ1) is 14.3. The average molecular weight is 241 g/mol. The average Bonchev–Trinajstić information content (AvgIpc) is 2.28. The Morgan fingerprint density at radius 2 is 1.82 bits per heavy atom. The van der Waals surface area contributed by atoms with Crippen molar-refractivity contribution in [2.45, 2.75) is 39.2 Å². The lowest BCUT2D eigenvalue weighted by Gasteiger charge is -2.31. The van der Waals surface area contributed by atoms with Crippen LogP contribution >= 0.6 is 0 Å². The zero-order chi connectivity index (χ0) is 12.8. The second kappa shape index (κ2) is 6.84. The molecule has 1 atom stereocenters. The van der Waals surface area contributed by atoms with Crippen LogP contribution in [0.3, 0.4) is 0 Å². The summed E-state index contributed by atoms with van der Waals surface area (Å²) < 4.78 is 0. The molecule has 0 aromatic carbocycles. The molecule has 0 radical (unpaired) electrons. The summed E-state index contributed by atoms with van der Waals surface area (Å²) in [5.41, 5.74) is 0. The van der Waals surface area contributed by atoms with E-state index in [1.54, 1.807) is 0 Å². The van der Waals surface area contributed by atoms with Gasteiger partial charge in [-0.3, -0.25) is 0 Å². The minimum atomic E-state index is 0.116. The van der Waals surface area contributed by atoms with Gasteiger partial charge in [-0.05, 0) is 39.3 Å². The molecular formula is C13H27N3O. The second-order valence-electron chi connectivity index (χ2n) is 5.61. The van der Waals surface area contributed by atoms with E-state index in [1.807, 2.05) is 19.0 Å². The zero-order valence-electron chi connectivity index (χ0n) is 11.7. The maximum absolute atomic E-state index is 12.1. The number of nitrogens with zero attached hydrogens (tertiary/aromatic N) is 2. The van der Waals surface area contributed by atoms with Crippen molar-refractivity contribution in [1.29, 1.82) is 0 Å². The number of carbonyl (C=O) groups excluding carboxylic acids is 1. The molecule has 0 aliphatic carbocycles. The molecule has 1 saturated heterocycles. The number of piperidine rings is 1. The molecule has 4 nitrogen and oxygen atoms in total. The lowest BCUT2D eigenvalue weighted by atomic mass is 10.0. The Balaban J connectivity index is 2.44. The highest BCUT2D eigenvalue weighted by atomic mass is 16.2. The summed E-state index contributed by atoms with van der Waals surface area (Å²) in [7, 11) is 4.09. The van der Waals surface area contributed by atoms with Crippen LogP contribution in [-0.4, -0.2) is 55.6 Å². The van der Waals surface area contributed by atoms with Gasteiger partial charge in [0.15, 0.2) is 0 Å². The highest BCUT2D eigenvalue weighted by molar-refractivity contribution is 5.74. The van der Waals surface area contributed by atoms with Gasteiger partial charge in [0.25, 0.3) is 0 Å². The summed E-state index contributed by atoms with van der Waals surface area (Å²) in [5.74, 6) is 0.464. The van der Waals surface area contributed by atoms with E-state index in [-0.39, 0.29) is 12.1 Å². The molecule has 100 valence electrons. The van der Waals surface area contributed by atoms with Crippen LogP contribution in [0.1, 0.15) is 33.1 Å². The van der Waals surface area contributed by atoms with Gasteiger partial charge in [-0.15, -0.1) is 0 Å². The molecule has 0 bridgehead atoms. The van der Waals surface area contributed by atoms with Gasteiger partial charge in [-0.1, -0.05) is 13.8 Å². The maximum Gasteiger partial charge on any atom is 0.317 e. The van der Waals surface area contributed by atoms with Gasteiger partial charge in [0, 0.05) is 25.7 Å². The zero-order valence-corrected chi connectivity index (χ0v) is 11.7. The van der Waals surface area contributed by atoms with E-state index in [1.165, 1.54) is 6.42 Å². The standard InChI is InChI=1S/C13H27N3O/c1-11(2)12(10-15(3)4)14-13(17)16-8-6-5-7-9-16/h11-12H,5-10H2,1-4H3,(H,14,17). The van der Waals surface area contributed by atoms with Crippen LogP contribution in [0.25, 0.3) is 0 Å². The Labute approximate surface area is 105 Å². The van der Waals surface area contributed by atoms with Crippen LogP contribution < -0.4 is 5.32 Å². The molecule has 0 aromatic rings. The molecule has 1 aliphatic heterocycles. The van der Waals surface area contributed by atoms with E-state index in [0.717, 1.165) is 32.5 Å². The summed E-state index contributed by atoms with van der Waals surface area (Å²) in [6, 6.07) is 0.352. The van der Waals surface area contributed by atoms with Crippen molar-refractivity contribution in [2.24, 2.45) is 5.92 Å². The SMILES string of the molecule is CC(C)C(CN(C)C)NC(=O)N1CCCCC1. The molecule has 0 saturated carbocycles. The van der Waals surface area contributed by atoms with Crippen molar-refractivity contribution < 1.29 is 4.79 Å². The molecule has 2 amide bonds. The first-order valence-electron chi connectivity index (χ1n) is 6.71. The number of carbonyl (C=O) groups is 1. The Kier molecular flexibility index (Phi) is 5.75. The molecule has 1 aliphatic rings. The number of urea groups is 1. The van der Waals surface area contributed by atoms with Gasteiger partial charge in [0.1, 0.15) is 0 Å². The summed E-state index contributed by atoms with van der Waals surface area (Å²) in [4.78, 5) is 16.2.